The number of nitrogens with zero attached hydrogens (tertiary/aromatic N) is 3. The van der Waals surface area contributed by atoms with Crippen molar-refractivity contribution in [1.29, 1.82) is 0 Å². The van der Waals surface area contributed by atoms with Gasteiger partial charge in [-0.2, -0.15) is 0 Å². The third-order valence-corrected chi connectivity index (χ3v) is 4.60. The summed E-state index contributed by atoms with van der Waals surface area (Å²) in [4.78, 5) is 31.9. The van der Waals surface area contributed by atoms with Crippen LogP contribution in [0.1, 0.15) is 47.0 Å². The smallest absolute Gasteiger partial charge is 0.407 e. The highest BCUT2D eigenvalue weighted by Gasteiger charge is 2.22. The molecule has 0 saturated carbocycles. The lowest BCUT2D eigenvalue weighted by molar-refractivity contribution is -0.127. The van der Waals surface area contributed by atoms with E-state index >= 15 is 0 Å². The third kappa shape index (κ3) is 12.4. The summed E-state index contributed by atoms with van der Waals surface area (Å²) < 4.78 is 5.22. The summed E-state index contributed by atoms with van der Waals surface area (Å²) in [6, 6.07) is 0.491. The van der Waals surface area contributed by atoms with E-state index in [-0.39, 0.29) is 36.4 Å². The molecule has 1 aliphatic rings. The van der Waals surface area contributed by atoms with Gasteiger partial charge in [-0.15, -0.1) is 24.0 Å². The third-order valence-electron chi connectivity index (χ3n) is 4.60. The maximum Gasteiger partial charge on any atom is 0.407 e. The molecule has 1 unspecified atom stereocenters. The Kier molecular flexibility index (Phi) is 14.0. The van der Waals surface area contributed by atoms with Gasteiger partial charge in [0.2, 0.25) is 5.91 Å². The summed E-state index contributed by atoms with van der Waals surface area (Å²) in [6.45, 7) is 11.9. The number of likely N-dealkylation sites (tertiary alicyclic amines) is 1. The van der Waals surface area contributed by atoms with Gasteiger partial charge in [0, 0.05) is 39.8 Å². The van der Waals surface area contributed by atoms with E-state index in [0.29, 0.717) is 31.5 Å². The Morgan fingerprint density at radius 2 is 1.83 bits per heavy atom. The Morgan fingerprint density at radius 3 is 2.43 bits per heavy atom. The lowest BCUT2D eigenvalue weighted by atomic mass is 10.2. The number of carbonyl (C=O) groups is 2. The van der Waals surface area contributed by atoms with Crippen LogP contribution in [-0.4, -0.2) is 92.8 Å². The van der Waals surface area contributed by atoms with Gasteiger partial charge in [0.15, 0.2) is 5.96 Å². The van der Waals surface area contributed by atoms with Gasteiger partial charge in [-0.1, -0.05) is 6.92 Å². The molecule has 0 aromatic carbocycles. The Balaban J connectivity index is 0.00000841. The first-order valence-corrected chi connectivity index (χ1v) is 10.6. The maximum atomic E-state index is 11.9. The number of alkyl carbamates (subject to hydrolysis) is 1. The molecule has 0 aromatic rings. The number of ether oxygens (including phenoxy) is 1. The first kappa shape index (κ1) is 28.7. The molecule has 0 bridgehead atoms. The quantitative estimate of drug-likeness (QED) is 0.178. The minimum atomic E-state index is -0.502. The van der Waals surface area contributed by atoms with Crippen molar-refractivity contribution in [3.8, 4) is 0 Å². The molecule has 176 valence electrons. The van der Waals surface area contributed by atoms with E-state index in [2.05, 4.69) is 32.8 Å². The summed E-state index contributed by atoms with van der Waals surface area (Å²) in [5, 5.41) is 9.36. The second-order valence-electron chi connectivity index (χ2n) is 8.47. The predicted molar refractivity (Wildman–Crippen MR) is 132 cm³/mol. The van der Waals surface area contributed by atoms with Crippen molar-refractivity contribution in [2.45, 2.75) is 58.6 Å². The van der Waals surface area contributed by atoms with Crippen molar-refractivity contribution in [2.75, 3.05) is 53.4 Å². The number of hydrogen-bond donors (Lipinski definition) is 3. The maximum absolute atomic E-state index is 11.9. The summed E-state index contributed by atoms with van der Waals surface area (Å²) in [5.41, 5.74) is -0.502. The summed E-state index contributed by atoms with van der Waals surface area (Å²) >= 11 is 0. The van der Waals surface area contributed by atoms with Crippen LogP contribution in [0.15, 0.2) is 4.99 Å². The lowest BCUT2D eigenvalue weighted by Gasteiger charge is -2.24. The number of amides is 2. The predicted octanol–water partition coefficient (Wildman–Crippen LogP) is 1.63. The minimum absolute atomic E-state index is 0. The molecule has 10 heteroatoms. The molecule has 1 saturated heterocycles. The fourth-order valence-electron chi connectivity index (χ4n) is 3.02. The molecule has 1 fully saturated rings. The molecule has 9 nitrogen and oxygen atoms in total. The van der Waals surface area contributed by atoms with E-state index in [1.807, 2.05) is 20.8 Å². The van der Waals surface area contributed by atoms with Gasteiger partial charge in [0.1, 0.15) is 12.1 Å². The van der Waals surface area contributed by atoms with E-state index in [0.717, 1.165) is 19.6 Å². The number of aliphatic imine (C=N–C) groups is 1. The van der Waals surface area contributed by atoms with Crippen molar-refractivity contribution < 1.29 is 14.3 Å². The van der Waals surface area contributed by atoms with E-state index in [1.165, 1.54) is 17.7 Å². The van der Waals surface area contributed by atoms with Gasteiger partial charge in [-0.3, -0.25) is 9.69 Å². The zero-order valence-corrected chi connectivity index (χ0v) is 21.7. The average Bonchev–Trinajstić information content (AvgIpc) is 3.08. The van der Waals surface area contributed by atoms with Gasteiger partial charge in [-0.25, -0.2) is 9.79 Å². The zero-order chi connectivity index (χ0) is 21.9. The number of halogens is 1. The SMILES string of the molecule is CCN1CCCC1CNC(=NCC(=O)N(C)C)NCCCNC(=O)OC(C)(C)C.I. The molecule has 2 amide bonds. The normalized spacial score (nSPS) is 17.1. The second kappa shape index (κ2) is 14.7. The fraction of sp³-hybridized carbons (Fsp3) is 0.850. The van der Waals surface area contributed by atoms with Crippen LogP contribution in [0.5, 0.6) is 0 Å². The van der Waals surface area contributed by atoms with Crippen LogP contribution in [0.3, 0.4) is 0 Å². The Hall–Kier alpha value is -1.30. The molecule has 0 aromatic heterocycles. The molecule has 1 aliphatic heterocycles. The molecule has 0 spiro atoms. The van der Waals surface area contributed by atoms with E-state index in [1.54, 1.807) is 14.1 Å². The van der Waals surface area contributed by atoms with Crippen molar-refractivity contribution in [3.63, 3.8) is 0 Å². The van der Waals surface area contributed by atoms with Crippen LogP contribution in [0.25, 0.3) is 0 Å². The highest BCUT2D eigenvalue weighted by atomic mass is 127. The first-order valence-electron chi connectivity index (χ1n) is 10.6. The number of rotatable bonds is 9. The molecule has 1 heterocycles. The zero-order valence-electron chi connectivity index (χ0n) is 19.4. The van der Waals surface area contributed by atoms with E-state index in [4.69, 9.17) is 4.74 Å². The van der Waals surface area contributed by atoms with Crippen molar-refractivity contribution in [2.24, 2.45) is 4.99 Å². The standard InChI is InChI=1S/C20H40N6O3.HI/c1-7-26-13-8-10-16(26)14-23-18(24-15-17(27)25(5)6)21-11-9-12-22-19(28)29-20(2,3)4;/h16H,7-15H2,1-6H3,(H,22,28)(H2,21,23,24);1H. The summed E-state index contributed by atoms with van der Waals surface area (Å²) in [5.74, 6) is 0.578. The number of nitrogens with one attached hydrogen (secondary N) is 3. The van der Waals surface area contributed by atoms with Crippen LogP contribution >= 0.6 is 24.0 Å². The van der Waals surface area contributed by atoms with E-state index < -0.39 is 11.7 Å². The monoisotopic (exact) mass is 540 g/mol. The minimum Gasteiger partial charge on any atom is -0.444 e. The van der Waals surface area contributed by atoms with Crippen LogP contribution in [0.2, 0.25) is 0 Å². The van der Waals surface area contributed by atoms with Gasteiger partial charge < -0.3 is 25.6 Å². The van der Waals surface area contributed by atoms with Crippen molar-refractivity contribution >= 4 is 41.9 Å². The largest absolute Gasteiger partial charge is 0.444 e. The topological polar surface area (TPSA) is 98.3 Å². The van der Waals surface area contributed by atoms with Gasteiger partial charge >= 0.3 is 6.09 Å². The van der Waals surface area contributed by atoms with Gasteiger partial charge in [0.05, 0.1) is 0 Å². The molecule has 0 radical (unpaired) electrons. The van der Waals surface area contributed by atoms with Crippen molar-refractivity contribution in [3.05, 3.63) is 0 Å². The number of hydrogen-bond acceptors (Lipinski definition) is 5. The molecule has 30 heavy (non-hydrogen) atoms. The van der Waals surface area contributed by atoms with Crippen LogP contribution in [0, 0.1) is 0 Å². The molecular formula is C20H41IN6O3. The van der Waals surface area contributed by atoms with Crippen molar-refractivity contribution in [1.82, 2.24) is 25.8 Å². The number of guanidine groups is 1. The number of likely N-dealkylation sites (N-methyl/N-ethyl adjacent to an activating group) is 2. The number of carbonyl (C=O) groups excluding carboxylic acids is 2. The van der Waals surface area contributed by atoms with Crippen LogP contribution in [-0.2, 0) is 9.53 Å². The molecule has 3 N–H and O–H groups in total. The Labute approximate surface area is 198 Å². The summed E-state index contributed by atoms with van der Waals surface area (Å²) in [6.07, 6.45) is 2.69. The molecule has 1 atom stereocenters. The van der Waals surface area contributed by atoms with Gasteiger partial charge in [-0.05, 0) is 53.1 Å². The Bertz CT molecular complexity index is 551. The van der Waals surface area contributed by atoms with E-state index in [9.17, 15) is 9.59 Å². The average molecular weight is 540 g/mol. The highest BCUT2D eigenvalue weighted by molar-refractivity contribution is 14.0. The van der Waals surface area contributed by atoms with Crippen LogP contribution in [0.4, 0.5) is 4.79 Å². The fourth-order valence-corrected chi connectivity index (χ4v) is 3.02. The lowest BCUT2D eigenvalue weighted by Crippen LogP contribution is -2.45. The molecule has 0 aliphatic carbocycles. The van der Waals surface area contributed by atoms with Gasteiger partial charge in [0.25, 0.3) is 0 Å². The molecule has 1 rings (SSSR count). The Morgan fingerprint density at radius 1 is 1.17 bits per heavy atom. The second-order valence-corrected chi connectivity index (χ2v) is 8.47. The highest BCUT2D eigenvalue weighted by Crippen LogP contribution is 2.15. The first-order chi connectivity index (χ1) is 13.6. The summed E-state index contributed by atoms with van der Waals surface area (Å²) in [7, 11) is 3.44. The molecular weight excluding hydrogens is 499 g/mol. The van der Waals surface area contributed by atoms with Crippen LogP contribution < -0.4 is 16.0 Å².